The molecular weight excluding hydrogens is 272 g/mol. The molecule has 0 aromatic carbocycles. The summed E-state index contributed by atoms with van der Waals surface area (Å²) >= 11 is 0. The van der Waals surface area contributed by atoms with Crippen molar-refractivity contribution in [3.63, 3.8) is 0 Å². The summed E-state index contributed by atoms with van der Waals surface area (Å²) in [7, 11) is -3.01. The molecule has 1 aromatic rings. The van der Waals surface area contributed by atoms with Gasteiger partial charge in [0.15, 0.2) is 0 Å². The first-order valence-corrected chi connectivity index (χ1v) is 7.36. The largest absolute Gasteiger partial charge is 0.370 e. The average molecular weight is 284 g/mol. The van der Waals surface area contributed by atoms with Gasteiger partial charge in [-0.15, -0.1) is 0 Å². The molecule has 0 saturated heterocycles. The highest BCUT2D eigenvalue weighted by Crippen LogP contribution is 2.17. The summed E-state index contributed by atoms with van der Waals surface area (Å²) < 4.78 is 21.8. The van der Waals surface area contributed by atoms with Crippen molar-refractivity contribution in [3.05, 3.63) is 27.9 Å². The number of hydrogen-bond donors (Lipinski definition) is 1. The van der Waals surface area contributed by atoms with Crippen molar-refractivity contribution in [1.29, 1.82) is 5.26 Å². The molecule has 0 radical (unpaired) electrons. The van der Waals surface area contributed by atoms with Crippen LogP contribution in [0.25, 0.3) is 0 Å². The maximum atomic E-state index is 10.9. The van der Waals surface area contributed by atoms with Gasteiger partial charge in [-0.25, -0.2) is 13.4 Å². The van der Waals surface area contributed by atoms with Crippen molar-refractivity contribution in [3.8, 4) is 6.07 Å². The fraction of sp³-hybridized carbons (Fsp3) is 0.400. The van der Waals surface area contributed by atoms with E-state index in [1.165, 1.54) is 12.1 Å². The minimum absolute atomic E-state index is 0.0398. The lowest BCUT2D eigenvalue weighted by molar-refractivity contribution is -0.385. The first-order valence-electron chi connectivity index (χ1n) is 5.30. The summed E-state index contributed by atoms with van der Waals surface area (Å²) in [4.78, 5) is 13.7. The van der Waals surface area contributed by atoms with E-state index in [2.05, 4.69) is 10.3 Å². The third kappa shape index (κ3) is 4.89. The second-order valence-corrected chi connectivity index (χ2v) is 6.10. The van der Waals surface area contributed by atoms with Crippen molar-refractivity contribution < 1.29 is 13.3 Å². The van der Waals surface area contributed by atoms with Crippen LogP contribution in [0, 0.1) is 21.4 Å². The number of nitro groups is 1. The van der Waals surface area contributed by atoms with Gasteiger partial charge in [-0.1, -0.05) is 0 Å². The average Bonchev–Trinajstić information content (AvgIpc) is 2.33. The van der Waals surface area contributed by atoms with Gasteiger partial charge in [0.05, 0.1) is 10.7 Å². The van der Waals surface area contributed by atoms with Gasteiger partial charge >= 0.3 is 5.69 Å². The molecule has 1 aromatic heterocycles. The predicted molar refractivity (Wildman–Crippen MR) is 68.4 cm³/mol. The van der Waals surface area contributed by atoms with Gasteiger partial charge in [-0.2, -0.15) is 5.26 Å². The van der Waals surface area contributed by atoms with Crippen LogP contribution in [-0.4, -0.2) is 36.9 Å². The Morgan fingerprint density at radius 1 is 1.53 bits per heavy atom. The zero-order chi connectivity index (χ0) is 14.5. The number of nitrogens with one attached hydrogen (secondary N) is 1. The minimum Gasteiger partial charge on any atom is -0.370 e. The fourth-order valence-electron chi connectivity index (χ4n) is 1.33. The molecule has 0 bridgehead atoms. The third-order valence-corrected chi connectivity index (χ3v) is 3.20. The molecule has 0 unspecified atom stereocenters. The van der Waals surface area contributed by atoms with Crippen LogP contribution in [0.5, 0.6) is 0 Å². The number of aromatic nitrogens is 1. The molecule has 0 saturated carbocycles. The molecule has 0 amide bonds. The van der Waals surface area contributed by atoms with Crippen LogP contribution < -0.4 is 5.32 Å². The summed E-state index contributed by atoms with van der Waals surface area (Å²) in [6.07, 6.45) is 1.53. The summed E-state index contributed by atoms with van der Waals surface area (Å²) in [5.74, 6) is 0.341. The van der Waals surface area contributed by atoms with Crippen LogP contribution in [0.4, 0.5) is 11.5 Å². The number of anilines is 1. The molecule has 0 aliphatic heterocycles. The van der Waals surface area contributed by atoms with Crippen molar-refractivity contribution in [2.75, 3.05) is 23.9 Å². The Labute approximate surface area is 110 Å². The Balaban J connectivity index is 2.66. The highest BCUT2D eigenvalue weighted by Gasteiger charge is 2.15. The number of pyridine rings is 1. The zero-order valence-corrected chi connectivity index (χ0v) is 11.0. The van der Waals surface area contributed by atoms with E-state index in [4.69, 9.17) is 5.26 Å². The van der Waals surface area contributed by atoms with Crippen molar-refractivity contribution in [1.82, 2.24) is 4.98 Å². The number of sulfone groups is 1. The second kappa shape index (κ2) is 6.10. The smallest absolute Gasteiger partial charge is 0.305 e. The first kappa shape index (κ1) is 14.8. The lowest BCUT2D eigenvalue weighted by atomic mass is 10.3. The van der Waals surface area contributed by atoms with Crippen LogP contribution in [0.1, 0.15) is 12.1 Å². The minimum atomic E-state index is -3.01. The van der Waals surface area contributed by atoms with E-state index in [1.54, 1.807) is 6.07 Å². The van der Waals surface area contributed by atoms with Crippen LogP contribution >= 0.6 is 0 Å². The van der Waals surface area contributed by atoms with E-state index in [1.807, 2.05) is 0 Å². The summed E-state index contributed by atoms with van der Waals surface area (Å²) in [5.41, 5.74) is -0.637. The molecule has 19 heavy (non-hydrogen) atoms. The van der Waals surface area contributed by atoms with Crippen LogP contribution in [0.2, 0.25) is 0 Å². The van der Waals surface area contributed by atoms with Crippen LogP contribution in [-0.2, 0) is 9.84 Å². The van der Waals surface area contributed by atoms with Crippen molar-refractivity contribution >= 4 is 21.3 Å². The molecule has 0 aliphatic rings. The molecule has 9 heteroatoms. The van der Waals surface area contributed by atoms with E-state index < -0.39 is 14.8 Å². The van der Waals surface area contributed by atoms with Gasteiger partial charge in [0.2, 0.25) is 5.69 Å². The monoisotopic (exact) mass is 284 g/mol. The summed E-state index contributed by atoms with van der Waals surface area (Å²) in [5, 5.41) is 22.1. The van der Waals surface area contributed by atoms with E-state index in [9.17, 15) is 18.5 Å². The standard InChI is InChI=1S/C10H12N4O4S/c1-19(17,18)6-2-5-12-10-4-3-9(14(15)16)8(7-11)13-10/h3-4H,2,5-6H2,1H3,(H,12,13). The van der Waals surface area contributed by atoms with E-state index in [-0.39, 0.29) is 17.1 Å². The second-order valence-electron chi connectivity index (χ2n) is 3.84. The molecule has 1 rings (SSSR count). The highest BCUT2D eigenvalue weighted by atomic mass is 32.2. The molecular formula is C10H12N4O4S. The number of nitriles is 1. The molecule has 0 atom stereocenters. The summed E-state index contributed by atoms with van der Waals surface area (Å²) in [6.45, 7) is 0.350. The van der Waals surface area contributed by atoms with Crippen molar-refractivity contribution in [2.45, 2.75) is 6.42 Å². The van der Waals surface area contributed by atoms with Gasteiger partial charge in [0.25, 0.3) is 0 Å². The summed E-state index contributed by atoms with van der Waals surface area (Å²) in [6, 6.07) is 4.20. The Kier molecular flexibility index (Phi) is 4.77. The lowest BCUT2D eigenvalue weighted by Crippen LogP contribution is -2.10. The molecule has 0 spiro atoms. The topological polar surface area (TPSA) is 126 Å². The lowest BCUT2D eigenvalue weighted by Gasteiger charge is -2.05. The van der Waals surface area contributed by atoms with Crippen LogP contribution in [0.15, 0.2) is 12.1 Å². The molecule has 102 valence electrons. The zero-order valence-electron chi connectivity index (χ0n) is 10.2. The quantitative estimate of drug-likeness (QED) is 0.463. The number of hydrogen-bond acceptors (Lipinski definition) is 7. The molecule has 1 heterocycles. The van der Waals surface area contributed by atoms with E-state index in [0.29, 0.717) is 18.8 Å². The van der Waals surface area contributed by atoms with E-state index in [0.717, 1.165) is 6.26 Å². The van der Waals surface area contributed by atoms with Crippen molar-refractivity contribution in [2.24, 2.45) is 0 Å². The van der Waals surface area contributed by atoms with E-state index >= 15 is 0 Å². The maximum Gasteiger partial charge on any atom is 0.305 e. The Bertz CT molecular complexity index is 621. The van der Waals surface area contributed by atoms with Gasteiger partial charge in [0, 0.05) is 18.9 Å². The number of rotatable bonds is 6. The first-order chi connectivity index (χ1) is 8.83. The van der Waals surface area contributed by atoms with Gasteiger partial charge < -0.3 is 5.32 Å². The van der Waals surface area contributed by atoms with Gasteiger partial charge in [0.1, 0.15) is 21.7 Å². The van der Waals surface area contributed by atoms with Gasteiger partial charge in [-0.3, -0.25) is 10.1 Å². The molecule has 8 nitrogen and oxygen atoms in total. The molecule has 0 aliphatic carbocycles. The third-order valence-electron chi connectivity index (χ3n) is 2.17. The molecule has 1 N–H and O–H groups in total. The Morgan fingerprint density at radius 2 is 2.21 bits per heavy atom. The predicted octanol–water partition coefficient (Wildman–Crippen LogP) is 0.708. The Hall–Kier alpha value is -2.21. The van der Waals surface area contributed by atoms with Gasteiger partial charge in [-0.05, 0) is 12.5 Å². The number of nitrogens with zero attached hydrogens (tertiary/aromatic N) is 3. The Morgan fingerprint density at radius 3 is 2.74 bits per heavy atom. The maximum absolute atomic E-state index is 10.9. The SMILES string of the molecule is CS(=O)(=O)CCCNc1ccc([N+](=O)[O-])c(C#N)n1. The fourth-order valence-corrected chi connectivity index (χ4v) is 2.00. The normalized spacial score (nSPS) is 10.7. The highest BCUT2D eigenvalue weighted by molar-refractivity contribution is 7.90. The molecule has 0 fully saturated rings. The van der Waals surface area contributed by atoms with Crippen LogP contribution in [0.3, 0.4) is 0 Å².